The molecule has 1 amide bonds. The van der Waals surface area contributed by atoms with E-state index in [1.165, 1.54) is 0 Å². The van der Waals surface area contributed by atoms with Crippen LogP contribution in [0.2, 0.25) is 0 Å². The second-order valence-corrected chi connectivity index (χ2v) is 5.62. The molecule has 1 aromatic rings. The van der Waals surface area contributed by atoms with Crippen LogP contribution in [0.5, 0.6) is 5.75 Å². The molecular formula is C16H25N3O2. The monoisotopic (exact) mass is 291 g/mol. The molecule has 0 spiro atoms. The van der Waals surface area contributed by atoms with Gasteiger partial charge in [-0.15, -0.1) is 0 Å². The van der Waals surface area contributed by atoms with Crippen molar-refractivity contribution in [3.63, 3.8) is 0 Å². The van der Waals surface area contributed by atoms with Crippen molar-refractivity contribution in [2.75, 3.05) is 31.6 Å². The van der Waals surface area contributed by atoms with Crippen LogP contribution in [-0.2, 0) is 4.79 Å². The van der Waals surface area contributed by atoms with Crippen molar-refractivity contribution in [2.24, 2.45) is 11.7 Å². The lowest BCUT2D eigenvalue weighted by molar-refractivity contribution is -0.117. The standard InChI is InChI=1S/C16H25N3O2/c1-3-21-15-7-5-4-6-14(15)18-16(20)11-19-9-8-13(10-19)12(2)17/h4-7,12-13H,3,8-11,17H2,1-2H3,(H,18,20). The van der Waals surface area contributed by atoms with E-state index in [2.05, 4.69) is 10.2 Å². The molecule has 2 atom stereocenters. The number of ether oxygens (including phenoxy) is 1. The van der Waals surface area contributed by atoms with Gasteiger partial charge in [-0.25, -0.2) is 0 Å². The Balaban J connectivity index is 1.88. The first-order chi connectivity index (χ1) is 10.1. The number of benzene rings is 1. The topological polar surface area (TPSA) is 67.6 Å². The molecule has 3 N–H and O–H groups in total. The molecule has 1 aliphatic heterocycles. The number of rotatable bonds is 6. The first-order valence-electron chi connectivity index (χ1n) is 7.59. The third-order valence-electron chi connectivity index (χ3n) is 3.88. The van der Waals surface area contributed by atoms with Crippen molar-refractivity contribution in [1.82, 2.24) is 4.90 Å². The summed E-state index contributed by atoms with van der Waals surface area (Å²) in [6, 6.07) is 7.70. The van der Waals surface area contributed by atoms with Gasteiger partial charge in [0.25, 0.3) is 0 Å². The predicted octanol–water partition coefficient (Wildman–Crippen LogP) is 1.69. The Morgan fingerprint density at radius 2 is 2.29 bits per heavy atom. The number of carbonyl (C=O) groups excluding carboxylic acids is 1. The number of nitrogens with zero attached hydrogens (tertiary/aromatic N) is 1. The predicted molar refractivity (Wildman–Crippen MR) is 84.4 cm³/mol. The molecule has 1 saturated heterocycles. The van der Waals surface area contributed by atoms with Crippen LogP contribution in [0, 0.1) is 5.92 Å². The van der Waals surface area contributed by atoms with Crippen LogP contribution in [0.15, 0.2) is 24.3 Å². The summed E-state index contributed by atoms with van der Waals surface area (Å²) in [5, 5.41) is 2.93. The zero-order chi connectivity index (χ0) is 15.2. The van der Waals surface area contributed by atoms with Gasteiger partial charge in [-0.1, -0.05) is 12.1 Å². The van der Waals surface area contributed by atoms with Gasteiger partial charge in [0, 0.05) is 12.6 Å². The van der Waals surface area contributed by atoms with Gasteiger partial charge < -0.3 is 15.8 Å². The van der Waals surface area contributed by atoms with Crippen LogP contribution >= 0.6 is 0 Å². The van der Waals surface area contributed by atoms with Gasteiger partial charge in [0.2, 0.25) is 5.91 Å². The van der Waals surface area contributed by atoms with Crippen LogP contribution in [0.1, 0.15) is 20.3 Å². The van der Waals surface area contributed by atoms with E-state index in [0.29, 0.717) is 24.8 Å². The zero-order valence-electron chi connectivity index (χ0n) is 12.8. The minimum absolute atomic E-state index is 0.00697. The molecule has 0 aliphatic carbocycles. The Morgan fingerprint density at radius 3 is 2.95 bits per heavy atom. The number of anilines is 1. The fourth-order valence-corrected chi connectivity index (χ4v) is 2.68. The maximum absolute atomic E-state index is 12.2. The summed E-state index contributed by atoms with van der Waals surface area (Å²) in [5.74, 6) is 1.20. The second kappa shape index (κ2) is 7.43. The summed E-state index contributed by atoms with van der Waals surface area (Å²) >= 11 is 0. The highest BCUT2D eigenvalue weighted by atomic mass is 16.5. The summed E-state index contributed by atoms with van der Waals surface area (Å²) in [7, 11) is 0. The van der Waals surface area contributed by atoms with Gasteiger partial charge >= 0.3 is 0 Å². The van der Waals surface area contributed by atoms with Crippen molar-refractivity contribution < 1.29 is 9.53 Å². The molecule has 5 heteroatoms. The van der Waals surface area contributed by atoms with E-state index in [-0.39, 0.29) is 11.9 Å². The van der Waals surface area contributed by atoms with Crippen LogP contribution in [0.25, 0.3) is 0 Å². The Morgan fingerprint density at radius 1 is 1.52 bits per heavy atom. The van der Waals surface area contributed by atoms with E-state index < -0.39 is 0 Å². The first kappa shape index (κ1) is 15.8. The maximum Gasteiger partial charge on any atom is 0.238 e. The lowest BCUT2D eigenvalue weighted by Crippen LogP contribution is -2.34. The highest BCUT2D eigenvalue weighted by molar-refractivity contribution is 5.93. The number of amides is 1. The molecule has 1 aromatic carbocycles. The fraction of sp³-hybridized carbons (Fsp3) is 0.562. The van der Waals surface area contributed by atoms with E-state index in [1.54, 1.807) is 0 Å². The Kier molecular flexibility index (Phi) is 5.59. The third kappa shape index (κ3) is 4.44. The van der Waals surface area contributed by atoms with E-state index in [1.807, 2.05) is 38.1 Å². The number of nitrogens with one attached hydrogen (secondary N) is 1. The summed E-state index contributed by atoms with van der Waals surface area (Å²) in [6.45, 7) is 6.78. The quantitative estimate of drug-likeness (QED) is 0.837. The Bertz CT molecular complexity index is 476. The van der Waals surface area contributed by atoms with Crippen molar-refractivity contribution >= 4 is 11.6 Å². The number of para-hydroxylation sites is 2. The van der Waals surface area contributed by atoms with Crippen LogP contribution in [0.3, 0.4) is 0 Å². The van der Waals surface area contributed by atoms with Gasteiger partial charge in [-0.05, 0) is 44.9 Å². The lowest BCUT2D eigenvalue weighted by Gasteiger charge is -2.18. The number of nitrogens with two attached hydrogens (primary N) is 1. The minimum atomic E-state index is -0.00697. The molecule has 0 saturated carbocycles. The van der Waals surface area contributed by atoms with E-state index in [9.17, 15) is 4.79 Å². The average molecular weight is 291 g/mol. The van der Waals surface area contributed by atoms with Gasteiger partial charge in [0.05, 0.1) is 18.8 Å². The van der Waals surface area contributed by atoms with Gasteiger partial charge in [0.1, 0.15) is 5.75 Å². The van der Waals surface area contributed by atoms with Crippen LogP contribution in [-0.4, -0.2) is 43.1 Å². The number of hydrogen-bond acceptors (Lipinski definition) is 4. The number of carbonyl (C=O) groups is 1. The largest absolute Gasteiger partial charge is 0.492 e. The van der Waals surface area contributed by atoms with Crippen molar-refractivity contribution in [3.05, 3.63) is 24.3 Å². The summed E-state index contributed by atoms with van der Waals surface area (Å²) in [5.41, 5.74) is 6.65. The SMILES string of the molecule is CCOc1ccccc1NC(=O)CN1CCC(C(C)N)C1. The van der Waals surface area contributed by atoms with E-state index in [4.69, 9.17) is 10.5 Å². The lowest BCUT2D eigenvalue weighted by atomic mass is 10.0. The molecule has 0 radical (unpaired) electrons. The molecule has 0 bridgehead atoms. The highest BCUT2D eigenvalue weighted by Crippen LogP contribution is 2.24. The van der Waals surface area contributed by atoms with Crippen LogP contribution < -0.4 is 15.8 Å². The summed E-state index contributed by atoms with van der Waals surface area (Å²) < 4.78 is 5.51. The highest BCUT2D eigenvalue weighted by Gasteiger charge is 2.26. The van der Waals surface area contributed by atoms with Gasteiger partial charge in [-0.2, -0.15) is 0 Å². The zero-order valence-corrected chi connectivity index (χ0v) is 12.8. The molecule has 5 nitrogen and oxygen atoms in total. The molecule has 1 fully saturated rings. The van der Waals surface area contributed by atoms with Gasteiger partial charge in [0.15, 0.2) is 0 Å². The van der Waals surface area contributed by atoms with E-state index >= 15 is 0 Å². The van der Waals surface area contributed by atoms with Gasteiger partial charge in [-0.3, -0.25) is 9.69 Å². The number of likely N-dealkylation sites (tertiary alicyclic amines) is 1. The fourth-order valence-electron chi connectivity index (χ4n) is 2.68. The molecule has 1 aliphatic rings. The molecular weight excluding hydrogens is 266 g/mol. The smallest absolute Gasteiger partial charge is 0.238 e. The molecule has 2 rings (SSSR count). The second-order valence-electron chi connectivity index (χ2n) is 5.62. The van der Waals surface area contributed by atoms with Crippen molar-refractivity contribution in [3.8, 4) is 5.75 Å². The van der Waals surface area contributed by atoms with Crippen molar-refractivity contribution in [2.45, 2.75) is 26.3 Å². The summed E-state index contributed by atoms with van der Waals surface area (Å²) in [4.78, 5) is 14.3. The summed E-state index contributed by atoms with van der Waals surface area (Å²) in [6.07, 6.45) is 1.07. The van der Waals surface area contributed by atoms with Crippen molar-refractivity contribution in [1.29, 1.82) is 0 Å². The Labute approximate surface area is 126 Å². The van der Waals surface area contributed by atoms with Crippen LogP contribution in [0.4, 0.5) is 5.69 Å². The van der Waals surface area contributed by atoms with E-state index in [0.717, 1.165) is 25.2 Å². The minimum Gasteiger partial charge on any atom is -0.492 e. The molecule has 116 valence electrons. The molecule has 21 heavy (non-hydrogen) atoms. The first-order valence-corrected chi connectivity index (χ1v) is 7.59. The average Bonchev–Trinajstić information content (AvgIpc) is 2.90. The molecule has 0 aromatic heterocycles. The third-order valence-corrected chi connectivity index (χ3v) is 3.88. The normalized spacial score (nSPS) is 20.2. The Hall–Kier alpha value is -1.59. The number of hydrogen-bond donors (Lipinski definition) is 2. The molecule has 2 unspecified atom stereocenters. The maximum atomic E-state index is 12.2. The molecule has 1 heterocycles.